The SMILES string of the molecule is C=C(Cc1cccs1)Cc1cccs1. The quantitative estimate of drug-likeness (QED) is 0.679. The van der Waals surface area contributed by atoms with Crippen molar-refractivity contribution in [3.8, 4) is 0 Å². The average molecular weight is 220 g/mol. The van der Waals surface area contributed by atoms with Gasteiger partial charge in [0.1, 0.15) is 0 Å². The van der Waals surface area contributed by atoms with E-state index >= 15 is 0 Å². The van der Waals surface area contributed by atoms with Crippen molar-refractivity contribution in [3.63, 3.8) is 0 Å². The van der Waals surface area contributed by atoms with Crippen molar-refractivity contribution < 1.29 is 0 Å². The van der Waals surface area contributed by atoms with Crippen molar-refractivity contribution in [2.75, 3.05) is 0 Å². The fraction of sp³-hybridized carbons (Fsp3) is 0.167. The van der Waals surface area contributed by atoms with Crippen molar-refractivity contribution in [3.05, 3.63) is 56.9 Å². The second-order valence-electron chi connectivity index (χ2n) is 3.26. The summed E-state index contributed by atoms with van der Waals surface area (Å²) in [4.78, 5) is 2.82. The van der Waals surface area contributed by atoms with E-state index in [1.807, 2.05) is 0 Å². The molecule has 2 heterocycles. The zero-order valence-electron chi connectivity index (χ0n) is 7.90. The molecule has 0 nitrogen and oxygen atoms in total. The van der Waals surface area contributed by atoms with E-state index < -0.39 is 0 Å². The number of rotatable bonds is 4. The van der Waals surface area contributed by atoms with Crippen LogP contribution in [0.5, 0.6) is 0 Å². The van der Waals surface area contributed by atoms with Crippen LogP contribution in [0.4, 0.5) is 0 Å². The van der Waals surface area contributed by atoms with Gasteiger partial charge in [-0.1, -0.05) is 24.3 Å². The zero-order valence-corrected chi connectivity index (χ0v) is 9.53. The average Bonchev–Trinajstić information content (AvgIpc) is 2.76. The van der Waals surface area contributed by atoms with Crippen molar-refractivity contribution >= 4 is 22.7 Å². The zero-order chi connectivity index (χ0) is 9.80. The van der Waals surface area contributed by atoms with Gasteiger partial charge in [-0.3, -0.25) is 0 Å². The monoisotopic (exact) mass is 220 g/mol. The molecule has 0 amide bonds. The Morgan fingerprint density at radius 2 is 1.50 bits per heavy atom. The lowest BCUT2D eigenvalue weighted by atomic mass is 10.1. The lowest BCUT2D eigenvalue weighted by molar-refractivity contribution is 1.08. The number of allylic oxidation sites excluding steroid dienone is 1. The molecule has 0 atom stereocenters. The molecule has 0 radical (unpaired) electrons. The molecular weight excluding hydrogens is 208 g/mol. The van der Waals surface area contributed by atoms with E-state index in [4.69, 9.17) is 0 Å². The summed E-state index contributed by atoms with van der Waals surface area (Å²) in [5.41, 5.74) is 1.30. The van der Waals surface area contributed by atoms with Gasteiger partial charge in [0.2, 0.25) is 0 Å². The molecule has 0 bridgehead atoms. The normalized spacial score (nSPS) is 10.3. The molecule has 0 saturated heterocycles. The second-order valence-corrected chi connectivity index (χ2v) is 5.33. The third-order valence-corrected chi connectivity index (χ3v) is 3.76. The molecule has 0 spiro atoms. The van der Waals surface area contributed by atoms with Gasteiger partial charge >= 0.3 is 0 Å². The minimum atomic E-state index is 1.02. The molecule has 2 aromatic heterocycles. The summed E-state index contributed by atoms with van der Waals surface area (Å²) in [7, 11) is 0. The van der Waals surface area contributed by atoms with Crippen LogP contribution in [-0.4, -0.2) is 0 Å². The predicted octanol–water partition coefficient (Wildman–Crippen LogP) is 4.15. The van der Waals surface area contributed by atoms with Crippen LogP contribution in [0.15, 0.2) is 47.2 Å². The summed E-state index contributed by atoms with van der Waals surface area (Å²) in [5, 5.41) is 4.24. The Labute approximate surface area is 92.5 Å². The van der Waals surface area contributed by atoms with Gasteiger partial charge in [-0.05, 0) is 22.9 Å². The molecular formula is C12H12S2. The molecule has 0 aliphatic carbocycles. The summed E-state index contributed by atoms with van der Waals surface area (Å²) in [5.74, 6) is 0. The summed E-state index contributed by atoms with van der Waals surface area (Å²) >= 11 is 3.61. The van der Waals surface area contributed by atoms with Gasteiger partial charge in [0.15, 0.2) is 0 Å². The Balaban J connectivity index is 1.91. The molecule has 0 saturated carbocycles. The first kappa shape index (κ1) is 9.69. The predicted molar refractivity (Wildman–Crippen MR) is 65.2 cm³/mol. The van der Waals surface area contributed by atoms with Crippen LogP contribution in [0.1, 0.15) is 9.75 Å². The first-order valence-electron chi connectivity index (χ1n) is 4.56. The number of thiophene rings is 2. The minimum Gasteiger partial charge on any atom is -0.149 e. The van der Waals surface area contributed by atoms with Gasteiger partial charge in [0, 0.05) is 22.6 Å². The highest BCUT2D eigenvalue weighted by molar-refractivity contribution is 7.10. The molecule has 0 N–H and O–H groups in total. The van der Waals surface area contributed by atoms with E-state index in [0.717, 1.165) is 12.8 Å². The summed E-state index contributed by atoms with van der Waals surface area (Å²) in [6.45, 7) is 4.12. The van der Waals surface area contributed by atoms with E-state index in [1.165, 1.54) is 15.3 Å². The Morgan fingerprint density at radius 3 is 1.86 bits per heavy atom. The lowest BCUT2D eigenvalue weighted by Crippen LogP contribution is -1.89. The van der Waals surface area contributed by atoms with E-state index in [1.54, 1.807) is 22.7 Å². The van der Waals surface area contributed by atoms with E-state index in [2.05, 4.69) is 41.6 Å². The van der Waals surface area contributed by atoms with Crippen LogP contribution >= 0.6 is 22.7 Å². The molecule has 0 unspecified atom stereocenters. The topological polar surface area (TPSA) is 0 Å². The molecule has 2 heteroatoms. The highest BCUT2D eigenvalue weighted by Crippen LogP contribution is 2.18. The molecule has 2 rings (SSSR count). The first-order chi connectivity index (χ1) is 6.84. The van der Waals surface area contributed by atoms with E-state index in [0.29, 0.717) is 0 Å². The number of hydrogen-bond donors (Lipinski definition) is 0. The Kier molecular flexibility index (Phi) is 3.17. The highest BCUT2D eigenvalue weighted by Gasteiger charge is 2.00. The van der Waals surface area contributed by atoms with Crippen LogP contribution < -0.4 is 0 Å². The minimum absolute atomic E-state index is 1.02. The van der Waals surface area contributed by atoms with Crippen LogP contribution in [0.25, 0.3) is 0 Å². The van der Waals surface area contributed by atoms with Crippen LogP contribution in [0.2, 0.25) is 0 Å². The Hall–Kier alpha value is -0.860. The molecule has 0 aliphatic rings. The fourth-order valence-corrected chi connectivity index (χ4v) is 2.93. The number of hydrogen-bond acceptors (Lipinski definition) is 2. The van der Waals surface area contributed by atoms with Gasteiger partial charge in [-0.25, -0.2) is 0 Å². The van der Waals surface area contributed by atoms with Crippen molar-refractivity contribution in [2.24, 2.45) is 0 Å². The van der Waals surface area contributed by atoms with Crippen LogP contribution in [0.3, 0.4) is 0 Å². The third-order valence-electron chi connectivity index (χ3n) is 2.01. The summed E-state index contributed by atoms with van der Waals surface area (Å²) < 4.78 is 0. The maximum absolute atomic E-state index is 4.12. The van der Waals surface area contributed by atoms with Gasteiger partial charge < -0.3 is 0 Å². The summed E-state index contributed by atoms with van der Waals surface area (Å²) in [6.07, 6.45) is 2.05. The van der Waals surface area contributed by atoms with Gasteiger partial charge in [-0.2, -0.15) is 0 Å². The first-order valence-corrected chi connectivity index (χ1v) is 6.32. The van der Waals surface area contributed by atoms with Crippen molar-refractivity contribution in [2.45, 2.75) is 12.8 Å². The van der Waals surface area contributed by atoms with Gasteiger partial charge in [0.05, 0.1) is 0 Å². The highest BCUT2D eigenvalue weighted by atomic mass is 32.1. The fourth-order valence-electron chi connectivity index (χ4n) is 1.38. The van der Waals surface area contributed by atoms with Crippen LogP contribution in [-0.2, 0) is 12.8 Å². The molecule has 2 aromatic rings. The maximum atomic E-state index is 4.12. The molecule has 14 heavy (non-hydrogen) atoms. The second kappa shape index (κ2) is 4.58. The maximum Gasteiger partial charge on any atom is 0.00856 e. The lowest BCUT2D eigenvalue weighted by Gasteiger charge is -2.01. The Morgan fingerprint density at radius 1 is 1.00 bits per heavy atom. The smallest absolute Gasteiger partial charge is 0.00856 e. The van der Waals surface area contributed by atoms with Crippen molar-refractivity contribution in [1.82, 2.24) is 0 Å². The van der Waals surface area contributed by atoms with Gasteiger partial charge in [-0.15, -0.1) is 22.7 Å². The molecule has 0 aliphatic heterocycles. The molecule has 72 valence electrons. The molecule has 0 fully saturated rings. The summed E-state index contributed by atoms with van der Waals surface area (Å²) in [6, 6.07) is 8.53. The Bertz CT molecular complexity index is 344. The standard InChI is InChI=1S/C12H12S2/c1-10(8-11-4-2-6-13-11)9-12-5-3-7-14-12/h2-7H,1,8-9H2. The van der Waals surface area contributed by atoms with E-state index in [-0.39, 0.29) is 0 Å². The third kappa shape index (κ3) is 2.56. The largest absolute Gasteiger partial charge is 0.149 e. The van der Waals surface area contributed by atoms with E-state index in [9.17, 15) is 0 Å². The van der Waals surface area contributed by atoms with Gasteiger partial charge in [0.25, 0.3) is 0 Å². The molecule has 0 aromatic carbocycles. The van der Waals surface area contributed by atoms with Crippen LogP contribution in [0, 0.1) is 0 Å². The van der Waals surface area contributed by atoms with Crippen molar-refractivity contribution in [1.29, 1.82) is 0 Å².